The fourth-order valence-corrected chi connectivity index (χ4v) is 5.39. The van der Waals surface area contributed by atoms with Crippen molar-refractivity contribution < 1.29 is 4.74 Å². The van der Waals surface area contributed by atoms with Gasteiger partial charge in [0.2, 0.25) is 0 Å². The summed E-state index contributed by atoms with van der Waals surface area (Å²) in [6, 6.07) is 17.2. The second kappa shape index (κ2) is 10.6. The highest BCUT2D eigenvalue weighted by Gasteiger charge is 2.41. The molecule has 0 amide bonds. The van der Waals surface area contributed by atoms with Crippen molar-refractivity contribution in [1.82, 2.24) is 19.8 Å². The first-order chi connectivity index (χ1) is 16.5. The Hall–Kier alpha value is -2.90. The molecule has 3 aromatic rings. The Kier molecular flexibility index (Phi) is 7.54. The fraction of sp³-hybridized carbons (Fsp3) is 0.407. The van der Waals surface area contributed by atoms with Gasteiger partial charge in [-0.3, -0.25) is 4.98 Å². The Morgan fingerprint density at radius 2 is 1.82 bits per heavy atom. The molecule has 7 heteroatoms. The topological polar surface area (TPSA) is 45.6 Å². The van der Waals surface area contributed by atoms with Gasteiger partial charge in [-0.25, -0.2) is 0 Å². The van der Waals surface area contributed by atoms with Gasteiger partial charge in [0, 0.05) is 55.7 Å². The summed E-state index contributed by atoms with van der Waals surface area (Å²) in [6.07, 6.45) is 1.84. The number of nitrogens with one attached hydrogen (secondary N) is 1. The third-order valence-electron chi connectivity index (χ3n) is 6.76. The Morgan fingerprint density at radius 1 is 1.09 bits per heavy atom. The van der Waals surface area contributed by atoms with Gasteiger partial charge in [0.15, 0.2) is 5.11 Å². The molecule has 1 aliphatic heterocycles. The maximum Gasteiger partial charge on any atom is 0.170 e. The lowest BCUT2D eigenvalue weighted by molar-refractivity contribution is 0.164. The Morgan fingerprint density at radius 3 is 2.44 bits per heavy atom. The maximum atomic E-state index is 5.77. The average Bonchev–Trinajstić information content (AvgIpc) is 3.34. The summed E-state index contributed by atoms with van der Waals surface area (Å²) < 4.78 is 7.74. The van der Waals surface area contributed by atoms with Crippen LogP contribution in [0.25, 0.3) is 5.69 Å². The van der Waals surface area contributed by atoms with Gasteiger partial charge in [-0.1, -0.05) is 6.07 Å². The molecule has 34 heavy (non-hydrogen) atoms. The zero-order valence-electron chi connectivity index (χ0n) is 20.8. The molecular formula is C27H35N5OS. The lowest BCUT2D eigenvalue weighted by Crippen LogP contribution is -2.32. The minimum absolute atomic E-state index is 0.0236. The molecule has 0 aliphatic carbocycles. The largest absolute Gasteiger partial charge is 0.383 e. The first kappa shape index (κ1) is 24.2. The molecule has 1 N–H and O–H groups in total. The summed E-state index contributed by atoms with van der Waals surface area (Å²) in [6.45, 7) is 12.1. The standard InChI is InChI=1S/C27H35N5OS/c1-6-30(7-2)21-11-13-22(14-12-21)32-19(3)18-23(20(32)4)26-25(24-10-8-9-15-28-24)29-27(34)31(26)16-17-33-5/h8-15,18,25-26H,6-7,16-17H2,1-5H3,(H,29,34). The van der Waals surface area contributed by atoms with Crippen LogP contribution in [0.1, 0.15) is 48.6 Å². The van der Waals surface area contributed by atoms with E-state index in [1.165, 1.54) is 28.3 Å². The predicted octanol–water partition coefficient (Wildman–Crippen LogP) is 4.95. The minimum Gasteiger partial charge on any atom is -0.383 e. The number of nitrogens with zero attached hydrogens (tertiary/aromatic N) is 4. The van der Waals surface area contributed by atoms with Crippen molar-refractivity contribution >= 4 is 23.0 Å². The van der Waals surface area contributed by atoms with Crippen molar-refractivity contribution in [2.75, 3.05) is 38.3 Å². The lowest BCUT2D eigenvalue weighted by Gasteiger charge is -2.28. The zero-order chi connectivity index (χ0) is 24.2. The van der Waals surface area contributed by atoms with Crippen LogP contribution < -0.4 is 10.2 Å². The van der Waals surface area contributed by atoms with Crippen LogP contribution in [-0.2, 0) is 4.74 Å². The van der Waals surface area contributed by atoms with E-state index in [-0.39, 0.29) is 12.1 Å². The number of hydrogen-bond donors (Lipinski definition) is 1. The van der Waals surface area contributed by atoms with E-state index in [0.29, 0.717) is 6.61 Å². The molecule has 6 nitrogen and oxygen atoms in total. The smallest absolute Gasteiger partial charge is 0.170 e. The van der Waals surface area contributed by atoms with Crippen LogP contribution in [0, 0.1) is 13.8 Å². The molecule has 2 unspecified atom stereocenters. The molecule has 2 atom stereocenters. The van der Waals surface area contributed by atoms with Crippen molar-refractivity contribution in [3.63, 3.8) is 0 Å². The molecule has 1 fully saturated rings. The van der Waals surface area contributed by atoms with Gasteiger partial charge >= 0.3 is 0 Å². The third kappa shape index (κ3) is 4.55. The van der Waals surface area contributed by atoms with Gasteiger partial charge in [0.25, 0.3) is 0 Å². The SMILES string of the molecule is CCN(CC)c1ccc(-n2c(C)cc(C3C(c4ccccn4)NC(=S)N3CCOC)c2C)cc1. The van der Waals surface area contributed by atoms with Crippen molar-refractivity contribution in [2.45, 2.75) is 39.8 Å². The highest BCUT2D eigenvalue weighted by atomic mass is 32.1. The molecule has 4 rings (SSSR count). The number of aryl methyl sites for hydroxylation is 1. The lowest BCUT2D eigenvalue weighted by atomic mass is 9.97. The predicted molar refractivity (Wildman–Crippen MR) is 143 cm³/mol. The first-order valence-corrected chi connectivity index (χ1v) is 12.4. The molecule has 0 spiro atoms. The number of methoxy groups -OCH3 is 1. The Bertz CT molecular complexity index is 1110. The summed E-state index contributed by atoms with van der Waals surface area (Å²) in [5, 5.41) is 4.27. The number of hydrogen-bond acceptors (Lipinski definition) is 4. The van der Waals surface area contributed by atoms with Crippen LogP contribution in [0.3, 0.4) is 0 Å². The monoisotopic (exact) mass is 477 g/mol. The molecule has 0 radical (unpaired) electrons. The van der Waals surface area contributed by atoms with Gasteiger partial charge < -0.3 is 24.4 Å². The number of pyridine rings is 1. The van der Waals surface area contributed by atoms with Crippen molar-refractivity contribution in [2.24, 2.45) is 0 Å². The van der Waals surface area contributed by atoms with Crippen molar-refractivity contribution in [3.8, 4) is 5.69 Å². The molecule has 0 bridgehead atoms. The van der Waals surface area contributed by atoms with E-state index in [9.17, 15) is 0 Å². The van der Waals surface area contributed by atoms with Crippen LogP contribution in [0.15, 0.2) is 54.7 Å². The van der Waals surface area contributed by atoms with Crippen LogP contribution in [0.2, 0.25) is 0 Å². The summed E-state index contributed by atoms with van der Waals surface area (Å²) in [4.78, 5) is 9.26. The molecule has 1 saturated heterocycles. The maximum absolute atomic E-state index is 5.77. The highest BCUT2D eigenvalue weighted by Crippen LogP contribution is 2.41. The quantitative estimate of drug-likeness (QED) is 0.440. The van der Waals surface area contributed by atoms with Gasteiger partial charge in [-0.2, -0.15) is 0 Å². The Balaban J connectivity index is 1.75. The second-order valence-electron chi connectivity index (χ2n) is 8.66. The van der Waals surface area contributed by atoms with Crippen LogP contribution >= 0.6 is 12.2 Å². The minimum atomic E-state index is -0.0236. The highest BCUT2D eigenvalue weighted by molar-refractivity contribution is 7.80. The summed E-state index contributed by atoms with van der Waals surface area (Å²) in [5.41, 5.74) is 7.08. The number of aromatic nitrogens is 2. The number of thiocarbonyl (C=S) groups is 1. The fourth-order valence-electron chi connectivity index (χ4n) is 5.06. The van der Waals surface area contributed by atoms with E-state index in [0.717, 1.165) is 30.4 Å². The second-order valence-corrected chi connectivity index (χ2v) is 9.05. The van der Waals surface area contributed by atoms with E-state index in [4.69, 9.17) is 17.0 Å². The normalized spacial score (nSPS) is 17.8. The summed E-state index contributed by atoms with van der Waals surface area (Å²) in [5.74, 6) is 0. The number of rotatable bonds is 9. The summed E-state index contributed by atoms with van der Waals surface area (Å²) in [7, 11) is 1.73. The van der Waals surface area contributed by atoms with E-state index >= 15 is 0 Å². The number of ether oxygens (including phenoxy) is 1. The third-order valence-corrected chi connectivity index (χ3v) is 7.11. The van der Waals surface area contributed by atoms with Gasteiger partial charge in [-0.15, -0.1) is 0 Å². The molecule has 180 valence electrons. The van der Waals surface area contributed by atoms with Crippen LogP contribution in [0.4, 0.5) is 5.69 Å². The van der Waals surface area contributed by atoms with E-state index in [1.54, 1.807) is 7.11 Å². The molecule has 3 heterocycles. The van der Waals surface area contributed by atoms with E-state index in [1.807, 2.05) is 18.3 Å². The van der Waals surface area contributed by atoms with Gasteiger partial charge in [-0.05, 0) is 87.9 Å². The zero-order valence-corrected chi connectivity index (χ0v) is 21.6. The van der Waals surface area contributed by atoms with Crippen molar-refractivity contribution in [1.29, 1.82) is 0 Å². The number of anilines is 1. The molecule has 0 saturated carbocycles. The van der Waals surface area contributed by atoms with Crippen molar-refractivity contribution in [3.05, 3.63) is 77.4 Å². The summed E-state index contributed by atoms with van der Waals surface area (Å²) >= 11 is 5.77. The Labute approximate surface area is 208 Å². The van der Waals surface area contributed by atoms with Crippen LogP contribution in [-0.4, -0.2) is 52.9 Å². The molecule has 2 aromatic heterocycles. The molecule has 1 aliphatic rings. The van der Waals surface area contributed by atoms with E-state index < -0.39 is 0 Å². The van der Waals surface area contributed by atoms with Crippen LogP contribution in [0.5, 0.6) is 0 Å². The molecular weight excluding hydrogens is 442 g/mol. The number of benzene rings is 1. The average molecular weight is 478 g/mol. The van der Waals surface area contributed by atoms with E-state index in [2.05, 4.69) is 88.8 Å². The molecule has 1 aromatic carbocycles. The van der Waals surface area contributed by atoms with Gasteiger partial charge in [0.05, 0.1) is 24.4 Å². The first-order valence-electron chi connectivity index (χ1n) is 12.0. The van der Waals surface area contributed by atoms with Gasteiger partial charge in [0.1, 0.15) is 0 Å².